The van der Waals surface area contributed by atoms with E-state index >= 15 is 0 Å². The summed E-state index contributed by atoms with van der Waals surface area (Å²) in [4.78, 5) is 51.6. The number of rotatable bonds is 7. The van der Waals surface area contributed by atoms with Crippen molar-refractivity contribution in [2.75, 3.05) is 0 Å². The number of nitro groups is 1. The van der Waals surface area contributed by atoms with Crippen LogP contribution in [0.1, 0.15) is 77.8 Å². The van der Waals surface area contributed by atoms with E-state index in [-0.39, 0.29) is 30.7 Å². The summed E-state index contributed by atoms with van der Waals surface area (Å²) in [6.45, 7) is 9.06. The van der Waals surface area contributed by atoms with Crippen LogP contribution in [0.4, 0.5) is 10.5 Å². The highest BCUT2D eigenvalue weighted by molar-refractivity contribution is 5.90. The number of nitrogens with zero attached hydrogens (tertiary/aromatic N) is 2. The van der Waals surface area contributed by atoms with Crippen LogP contribution in [0.25, 0.3) is 0 Å². The Morgan fingerprint density at radius 3 is 2.42 bits per heavy atom. The first-order valence-corrected chi connectivity index (χ1v) is 12.6. The molecule has 2 atom stereocenters. The molecular formula is C26H37N3O7. The fourth-order valence-corrected chi connectivity index (χ4v) is 4.64. The first-order valence-electron chi connectivity index (χ1n) is 12.6. The van der Waals surface area contributed by atoms with Crippen molar-refractivity contribution in [1.82, 2.24) is 10.2 Å². The highest BCUT2D eigenvalue weighted by Crippen LogP contribution is 2.29. The molecule has 2 aliphatic rings. The largest absolute Gasteiger partial charge is 0.461 e. The maximum Gasteiger partial charge on any atom is 0.411 e. The first kappa shape index (κ1) is 27.4. The quantitative estimate of drug-likeness (QED) is 0.334. The zero-order chi connectivity index (χ0) is 26.6. The number of ether oxygens (including phenoxy) is 2. The van der Waals surface area contributed by atoms with Crippen molar-refractivity contribution < 1.29 is 28.8 Å². The molecule has 1 aromatic rings. The Bertz CT molecular complexity index is 996. The molecule has 1 aliphatic heterocycles. The van der Waals surface area contributed by atoms with Gasteiger partial charge in [-0.15, -0.1) is 0 Å². The predicted octanol–water partition coefficient (Wildman–Crippen LogP) is 4.27. The number of carbonyl (C=O) groups is 3. The van der Waals surface area contributed by atoms with Crippen LogP contribution in [0.3, 0.4) is 0 Å². The first-order chi connectivity index (χ1) is 16.8. The molecule has 1 heterocycles. The molecule has 10 nitrogen and oxygen atoms in total. The van der Waals surface area contributed by atoms with Crippen LogP contribution in [0.2, 0.25) is 0 Å². The lowest BCUT2D eigenvalue weighted by molar-refractivity contribution is -0.385. The summed E-state index contributed by atoms with van der Waals surface area (Å²) < 4.78 is 11.2. The van der Waals surface area contributed by atoms with Gasteiger partial charge >= 0.3 is 12.1 Å². The number of nitrogens with one attached hydrogen (secondary N) is 1. The molecule has 1 aliphatic carbocycles. The molecule has 0 bridgehead atoms. The molecule has 1 N–H and O–H groups in total. The lowest BCUT2D eigenvalue weighted by atomic mass is 9.92. The van der Waals surface area contributed by atoms with E-state index in [1.807, 2.05) is 13.8 Å². The van der Waals surface area contributed by atoms with E-state index < -0.39 is 40.6 Å². The molecule has 0 aromatic heterocycles. The van der Waals surface area contributed by atoms with Gasteiger partial charge in [0, 0.05) is 18.6 Å². The number of hydrogen-bond donors (Lipinski definition) is 1. The lowest BCUT2D eigenvalue weighted by Crippen LogP contribution is -2.56. The summed E-state index contributed by atoms with van der Waals surface area (Å²) >= 11 is 0. The summed E-state index contributed by atoms with van der Waals surface area (Å²) in [5, 5.41) is 14.1. The van der Waals surface area contributed by atoms with Crippen molar-refractivity contribution in [2.45, 2.75) is 103 Å². The Morgan fingerprint density at radius 2 is 1.83 bits per heavy atom. The molecule has 0 saturated heterocycles. The Hall–Kier alpha value is -3.17. The van der Waals surface area contributed by atoms with E-state index in [1.165, 1.54) is 17.0 Å². The van der Waals surface area contributed by atoms with Crippen LogP contribution in [0.5, 0.6) is 0 Å². The minimum Gasteiger partial charge on any atom is -0.461 e. The molecule has 1 saturated carbocycles. The van der Waals surface area contributed by atoms with Crippen molar-refractivity contribution in [2.24, 2.45) is 5.92 Å². The van der Waals surface area contributed by atoms with Gasteiger partial charge in [-0.05, 0) is 69.9 Å². The van der Waals surface area contributed by atoms with Crippen LogP contribution < -0.4 is 5.32 Å². The van der Waals surface area contributed by atoms with Crippen molar-refractivity contribution in [3.63, 3.8) is 0 Å². The summed E-state index contributed by atoms with van der Waals surface area (Å²) in [6.07, 6.45) is 3.41. The minimum atomic E-state index is -0.942. The van der Waals surface area contributed by atoms with Crippen molar-refractivity contribution in [3.05, 3.63) is 39.4 Å². The summed E-state index contributed by atoms with van der Waals surface area (Å²) in [5.41, 5.74) is 0.423. The van der Waals surface area contributed by atoms with Gasteiger partial charge in [0.05, 0.1) is 11.5 Å². The number of carbonyl (C=O) groups excluding carboxylic acids is 3. The molecule has 36 heavy (non-hydrogen) atoms. The van der Waals surface area contributed by atoms with Gasteiger partial charge in [-0.25, -0.2) is 9.59 Å². The average molecular weight is 504 g/mol. The smallest absolute Gasteiger partial charge is 0.411 e. The van der Waals surface area contributed by atoms with E-state index in [1.54, 1.807) is 26.8 Å². The molecular weight excluding hydrogens is 466 g/mol. The fraction of sp³-hybridized carbons (Fsp3) is 0.654. The normalized spacial score (nSPS) is 18.9. The third-order valence-corrected chi connectivity index (χ3v) is 6.35. The van der Waals surface area contributed by atoms with E-state index in [0.29, 0.717) is 12.0 Å². The maximum atomic E-state index is 13.5. The topological polar surface area (TPSA) is 128 Å². The highest BCUT2D eigenvalue weighted by atomic mass is 16.6. The molecule has 10 heteroatoms. The minimum absolute atomic E-state index is 0.0224. The van der Waals surface area contributed by atoms with Crippen LogP contribution >= 0.6 is 0 Å². The van der Waals surface area contributed by atoms with Gasteiger partial charge in [0.2, 0.25) is 5.91 Å². The van der Waals surface area contributed by atoms with Gasteiger partial charge < -0.3 is 14.8 Å². The second-order valence-electron chi connectivity index (χ2n) is 11.1. The summed E-state index contributed by atoms with van der Waals surface area (Å²) in [7, 11) is 0. The SMILES string of the molecule is CC(C)C[C@H](NC(=O)[C@@H]1Cc2ccc([N+](=O)[O-])cc2CN1C(=O)OC(C)(C)C)C(=O)OC1CCCC1. The molecule has 0 radical (unpaired) electrons. The number of esters is 1. The third kappa shape index (κ3) is 7.18. The number of nitro benzene ring substituents is 1. The number of non-ortho nitro benzene ring substituents is 1. The lowest BCUT2D eigenvalue weighted by Gasteiger charge is -2.37. The van der Waals surface area contributed by atoms with Crippen molar-refractivity contribution in [3.8, 4) is 0 Å². The Kier molecular flexibility index (Phi) is 8.58. The predicted molar refractivity (Wildman–Crippen MR) is 132 cm³/mol. The second-order valence-corrected chi connectivity index (χ2v) is 11.1. The van der Waals surface area contributed by atoms with Crippen LogP contribution in [0, 0.1) is 16.0 Å². The van der Waals surface area contributed by atoms with Gasteiger partial charge in [0.25, 0.3) is 5.69 Å². The number of benzene rings is 1. The van der Waals surface area contributed by atoms with Gasteiger partial charge in [-0.1, -0.05) is 19.9 Å². The van der Waals surface area contributed by atoms with Gasteiger partial charge in [0.1, 0.15) is 23.8 Å². The second kappa shape index (κ2) is 11.3. The van der Waals surface area contributed by atoms with E-state index in [4.69, 9.17) is 9.47 Å². The third-order valence-electron chi connectivity index (χ3n) is 6.35. The Labute approximate surface area is 211 Å². The zero-order valence-electron chi connectivity index (χ0n) is 21.7. The van der Waals surface area contributed by atoms with Crippen molar-refractivity contribution in [1.29, 1.82) is 0 Å². The van der Waals surface area contributed by atoms with E-state index in [9.17, 15) is 24.5 Å². The molecule has 0 spiro atoms. The van der Waals surface area contributed by atoms with Gasteiger partial charge in [0.15, 0.2) is 0 Å². The molecule has 1 fully saturated rings. The van der Waals surface area contributed by atoms with Gasteiger partial charge in [-0.2, -0.15) is 0 Å². The molecule has 0 unspecified atom stereocenters. The monoisotopic (exact) mass is 503 g/mol. The van der Waals surface area contributed by atoms with Crippen LogP contribution in [-0.2, 0) is 32.0 Å². The molecule has 2 amide bonds. The summed E-state index contributed by atoms with van der Waals surface area (Å²) in [6, 6.07) is 2.64. The highest BCUT2D eigenvalue weighted by Gasteiger charge is 2.39. The van der Waals surface area contributed by atoms with Crippen LogP contribution in [0.15, 0.2) is 18.2 Å². The van der Waals surface area contributed by atoms with Crippen molar-refractivity contribution >= 4 is 23.7 Å². The van der Waals surface area contributed by atoms with E-state index in [2.05, 4.69) is 5.32 Å². The number of hydrogen-bond acceptors (Lipinski definition) is 7. The Morgan fingerprint density at radius 1 is 1.17 bits per heavy atom. The van der Waals surface area contributed by atoms with Crippen LogP contribution in [-0.4, -0.2) is 51.6 Å². The summed E-state index contributed by atoms with van der Waals surface area (Å²) in [5.74, 6) is -0.820. The number of amides is 2. The average Bonchev–Trinajstić information content (AvgIpc) is 3.28. The standard InChI is InChI=1S/C26H37N3O7/c1-16(2)12-21(24(31)35-20-8-6-7-9-20)27-23(30)22-14-17-10-11-19(29(33)34)13-18(17)15-28(22)25(32)36-26(3,4)5/h10-11,13,16,20-22H,6-9,12,14-15H2,1-5H3,(H,27,30)/t21-,22-/m0/s1. The number of fused-ring (bicyclic) bond motifs is 1. The van der Waals surface area contributed by atoms with E-state index in [0.717, 1.165) is 31.2 Å². The molecule has 198 valence electrons. The van der Waals surface area contributed by atoms with Gasteiger partial charge in [-0.3, -0.25) is 19.8 Å². The molecule has 1 aromatic carbocycles. The Balaban J connectivity index is 1.84. The molecule has 3 rings (SSSR count). The zero-order valence-corrected chi connectivity index (χ0v) is 21.7. The fourth-order valence-electron chi connectivity index (χ4n) is 4.64. The maximum absolute atomic E-state index is 13.5.